The van der Waals surface area contributed by atoms with Crippen LogP contribution in [0.2, 0.25) is 0 Å². The fraction of sp³-hybridized carbons (Fsp3) is 0.412. The van der Waals surface area contributed by atoms with Gasteiger partial charge in [0.15, 0.2) is 0 Å². The summed E-state index contributed by atoms with van der Waals surface area (Å²) in [6.45, 7) is 5.08. The maximum absolute atomic E-state index is 6.27. The molecule has 5 nitrogen and oxygen atoms in total. The normalized spacial score (nSPS) is 17.4. The van der Waals surface area contributed by atoms with Gasteiger partial charge in [-0.25, -0.2) is 9.97 Å². The molecule has 0 bridgehead atoms. The van der Waals surface area contributed by atoms with E-state index in [1.54, 1.807) is 12.4 Å². The molecule has 1 aliphatic rings. The molecular weight excluding hydrogens is 274 g/mol. The van der Waals surface area contributed by atoms with E-state index in [1.165, 1.54) is 5.56 Å². The number of rotatable bonds is 5. The molecule has 5 heteroatoms. The molecule has 2 N–H and O–H groups in total. The lowest BCUT2D eigenvalue weighted by molar-refractivity contribution is 0.247. The summed E-state index contributed by atoms with van der Waals surface area (Å²) in [5.74, 6) is 0.836. The Balaban J connectivity index is 1.44. The second kappa shape index (κ2) is 7.33. The molecule has 0 aliphatic carbocycles. The van der Waals surface area contributed by atoms with Gasteiger partial charge in [-0.05, 0) is 18.1 Å². The minimum absolute atomic E-state index is 0.122. The predicted molar refractivity (Wildman–Crippen MR) is 88.7 cm³/mol. The summed E-state index contributed by atoms with van der Waals surface area (Å²) in [5.41, 5.74) is 7.49. The van der Waals surface area contributed by atoms with Crippen molar-refractivity contribution >= 4 is 5.95 Å². The highest BCUT2D eigenvalue weighted by molar-refractivity contribution is 5.29. The van der Waals surface area contributed by atoms with Gasteiger partial charge in [-0.1, -0.05) is 30.3 Å². The average Bonchev–Trinajstić information content (AvgIpc) is 2.61. The van der Waals surface area contributed by atoms with E-state index in [-0.39, 0.29) is 6.04 Å². The van der Waals surface area contributed by atoms with Gasteiger partial charge in [-0.3, -0.25) is 4.90 Å². The topological polar surface area (TPSA) is 58.3 Å². The highest BCUT2D eigenvalue weighted by Crippen LogP contribution is 2.15. The molecular formula is C17H23N5. The molecule has 1 aromatic heterocycles. The molecule has 22 heavy (non-hydrogen) atoms. The predicted octanol–water partition coefficient (Wildman–Crippen LogP) is 1.69. The van der Waals surface area contributed by atoms with Gasteiger partial charge < -0.3 is 10.6 Å². The zero-order valence-electron chi connectivity index (χ0n) is 12.8. The Morgan fingerprint density at radius 2 is 1.64 bits per heavy atom. The van der Waals surface area contributed by atoms with E-state index in [9.17, 15) is 0 Å². The average molecular weight is 297 g/mol. The summed E-state index contributed by atoms with van der Waals surface area (Å²) >= 11 is 0. The molecule has 1 aliphatic heterocycles. The standard InChI is InChI=1S/C17H23N5/c18-16(15-5-2-1-3-6-15)7-10-21-11-13-22(14-12-21)17-19-8-4-9-20-17/h1-6,8-9,16H,7,10-14,18H2. The van der Waals surface area contributed by atoms with Gasteiger partial charge in [0, 0.05) is 51.2 Å². The molecule has 2 aromatic rings. The van der Waals surface area contributed by atoms with Crippen LogP contribution in [0.25, 0.3) is 0 Å². The van der Waals surface area contributed by atoms with Crippen LogP contribution in [-0.2, 0) is 0 Å². The summed E-state index contributed by atoms with van der Waals surface area (Å²) < 4.78 is 0. The van der Waals surface area contributed by atoms with Crippen molar-refractivity contribution in [1.29, 1.82) is 0 Å². The number of hydrogen-bond acceptors (Lipinski definition) is 5. The van der Waals surface area contributed by atoms with Gasteiger partial charge >= 0.3 is 0 Å². The van der Waals surface area contributed by atoms with Crippen LogP contribution in [-0.4, -0.2) is 47.6 Å². The van der Waals surface area contributed by atoms with E-state index in [0.717, 1.165) is 45.1 Å². The molecule has 1 atom stereocenters. The summed E-state index contributed by atoms with van der Waals surface area (Å²) in [6, 6.07) is 12.3. The lowest BCUT2D eigenvalue weighted by atomic mass is 10.0. The van der Waals surface area contributed by atoms with Crippen molar-refractivity contribution in [3.8, 4) is 0 Å². The molecule has 1 saturated heterocycles. The third kappa shape index (κ3) is 3.81. The molecule has 116 valence electrons. The molecule has 1 fully saturated rings. The first kappa shape index (κ1) is 14.9. The lowest BCUT2D eigenvalue weighted by Gasteiger charge is -2.35. The molecule has 3 rings (SSSR count). The van der Waals surface area contributed by atoms with E-state index in [2.05, 4.69) is 31.9 Å². The van der Waals surface area contributed by atoms with Crippen LogP contribution in [0.3, 0.4) is 0 Å². The van der Waals surface area contributed by atoms with Crippen LogP contribution in [0.5, 0.6) is 0 Å². The van der Waals surface area contributed by atoms with E-state index < -0.39 is 0 Å². The highest BCUT2D eigenvalue weighted by Gasteiger charge is 2.19. The van der Waals surface area contributed by atoms with Crippen LogP contribution in [0.1, 0.15) is 18.0 Å². The van der Waals surface area contributed by atoms with Crippen molar-refractivity contribution in [3.05, 3.63) is 54.4 Å². The molecule has 1 unspecified atom stereocenters. The van der Waals surface area contributed by atoms with Crippen molar-refractivity contribution in [3.63, 3.8) is 0 Å². The van der Waals surface area contributed by atoms with Gasteiger partial charge in [-0.15, -0.1) is 0 Å². The number of piperazine rings is 1. The van der Waals surface area contributed by atoms with Crippen molar-refractivity contribution in [2.75, 3.05) is 37.6 Å². The van der Waals surface area contributed by atoms with Gasteiger partial charge in [0.25, 0.3) is 0 Å². The van der Waals surface area contributed by atoms with E-state index in [4.69, 9.17) is 5.73 Å². The first-order valence-corrected chi connectivity index (χ1v) is 7.88. The quantitative estimate of drug-likeness (QED) is 0.910. The van der Waals surface area contributed by atoms with Crippen molar-refractivity contribution in [1.82, 2.24) is 14.9 Å². The molecule has 0 saturated carbocycles. The molecule has 2 heterocycles. The van der Waals surface area contributed by atoms with Gasteiger partial charge in [0.05, 0.1) is 0 Å². The van der Waals surface area contributed by atoms with Crippen molar-refractivity contribution < 1.29 is 0 Å². The first-order chi connectivity index (χ1) is 10.8. The molecule has 0 radical (unpaired) electrons. The molecule has 1 aromatic carbocycles. The van der Waals surface area contributed by atoms with Crippen molar-refractivity contribution in [2.24, 2.45) is 5.73 Å². The summed E-state index contributed by atoms with van der Waals surface area (Å²) in [7, 11) is 0. The van der Waals surface area contributed by atoms with Crippen LogP contribution in [0, 0.1) is 0 Å². The van der Waals surface area contributed by atoms with Gasteiger partial charge in [0.2, 0.25) is 5.95 Å². The zero-order valence-corrected chi connectivity index (χ0v) is 12.8. The smallest absolute Gasteiger partial charge is 0.225 e. The van der Waals surface area contributed by atoms with Gasteiger partial charge in [-0.2, -0.15) is 0 Å². The van der Waals surface area contributed by atoms with Crippen LogP contribution in [0.15, 0.2) is 48.8 Å². The highest BCUT2D eigenvalue weighted by atomic mass is 15.3. The minimum Gasteiger partial charge on any atom is -0.338 e. The SMILES string of the molecule is NC(CCN1CCN(c2ncccn2)CC1)c1ccccc1. The third-order valence-electron chi connectivity index (χ3n) is 4.19. The van der Waals surface area contributed by atoms with Crippen LogP contribution < -0.4 is 10.6 Å². The Morgan fingerprint density at radius 1 is 0.955 bits per heavy atom. The lowest BCUT2D eigenvalue weighted by Crippen LogP contribution is -2.47. The number of benzene rings is 1. The Bertz CT molecular complexity index is 552. The zero-order chi connectivity index (χ0) is 15.2. The first-order valence-electron chi connectivity index (χ1n) is 7.88. The monoisotopic (exact) mass is 297 g/mol. The Kier molecular flexibility index (Phi) is 4.98. The largest absolute Gasteiger partial charge is 0.338 e. The molecule has 0 spiro atoms. The van der Waals surface area contributed by atoms with E-state index in [1.807, 2.05) is 24.3 Å². The fourth-order valence-corrected chi connectivity index (χ4v) is 2.81. The van der Waals surface area contributed by atoms with E-state index >= 15 is 0 Å². The van der Waals surface area contributed by atoms with Crippen LogP contribution >= 0.6 is 0 Å². The Labute approximate surface area is 131 Å². The van der Waals surface area contributed by atoms with Gasteiger partial charge in [0.1, 0.15) is 0 Å². The molecule has 0 amide bonds. The van der Waals surface area contributed by atoms with E-state index in [0.29, 0.717) is 0 Å². The number of nitrogens with two attached hydrogens (primary N) is 1. The Morgan fingerprint density at radius 3 is 2.32 bits per heavy atom. The third-order valence-corrected chi connectivity index (χ3v) is 4.19. The number of nitrogens with zero attached hydrogens (tertiary/aromatic N) is 4. The second-order valence-corrected chi connectivity index (χ2v) is 5.68. The number of anilines is 1. The summed E-state index contributed by atoms with van der Waals surface area (Å²) in [6.07, 6.45) is 4.59. The minimum atomic E-state index is 0.122. The Hall–Kier alpha value is -1.98. The fourth-order valence-electron chi connectivity index (χ4n) is 2.81. The maximum Gasteiger partial charge on any atom is 0.225 e. The second-order valence-electron chi connectivity index (χ2n) is 5.68. The number of hydrogen-bond donors (Lipinski definition) is 1. The summed E-state index contributed by atoms with van der Waals surface area (Å²) in [4.78, 5) is 13.4. The maximum atomic E-state index is 6.27. The number of aromatic nitrogens is 2. The van der Waals surface area contributed by atoms with Crippen LogP contribution in [0.4, 0.5) is 5.95 Å². The van der Waals surface area contributed by atoms with Crippen molar-refractivity contribution in [2.45, 2.75) is 12.5 Å². The summed E-state index contributed by atoms with van der Waals surface area (Å²) in [5, 5.41) is 0.